The summed E-state index contributed by atoms with van der Waals surface area (Å²) >= 11 is 12.3. The van der Waals surface area contributed by atoms with Crippen molar-refractivity contribution in [2.45, 2.75) is 13.0 Å². The van der Waals surface area contributed by atoms with Gasteiger partial charge in [-0.2, -0.15) is 0 Å². The zero-order chi connectivity index (χ0) is 23.3. The fourth-order valence-electron chi connectivity index (χ4n) is 3.12. The second-order valence-corrected chi connectivity index (χ2v) is 7.85. The van der Waals surface area contributed by atoms with E-state index in [0.717, 1.165) is 5.56 Å². The molecule has 1 heterocycles. The molecule has 0 spiro atoms. The van der Waals surface area contributed by atoms with Crippen molar-refractivity contribution in [3.63, 3.8) is 0 Å². The van der Waals surface area contributed by atoms with Crippen LogP contribution in [0.3, 0.4) is 0 Å². The van der Waals surface area contributed by atoms with Crippen LogP contribution in [0.15, 0.2) is 48.7 Å². The van der Waals surface area contributed by atoms with Gasteiger partial charge in [-0.1, -0.05) is 35.3 Å². The minimum Gasteiger partial charge on any atom is -0.482 e. The average molecular weight is 477 g/mol. The SMILES string of the molecule is CNCCNC(=O)c1cccc(-c2cnc(N)c(OC(C)c3c(Cl)ccc(F)c3Cl)c2)c1. The lowest BCUT2D eigenvalue weighted by molar-refractivity contribution is 0.0954. The van der Waals surface area contributed by atoms with Crippen LogP contribution in [-0.4, -0.2) is 31.0 Å². The summed E-state index contributed by atoms with van der Waals surface area (Å²) in [6, 6.07) is 11.4. The number of likely N-dealkylation sites (N-methyl/N-ethyl adjacent to an activating group) is 1. The third-order valence-corrected chi connectivity index (χ3v) is 5.50. The van der Waals surface area contributed by atoms with Crippen LogP contribution in [0.5, 0.6) is 5.75 Å². The van der Waals surface area contributed by atoms with Gasteiger partial charge in [0, 0.05) is 41.0 Å². The van der Waals surface area contributed by atoms with Gasteiger partial charge in [0.05, 0.1) is 5.02 Å². The number of benzene rings is 2. The van der Waals surface area contributed by atoms with Crippen molar-refractivity contribution in [2.75, 3.05) is 25.9 Å². The number of nitrogen functional groups attached to an aromatic ring is 1. The van der Waals surface area contributed by atoms with E-state index in [1.807, 2.05) is 13.1 Å². The Hall–Kier alpha value is -2.87. The van der Waals surface area contributed by atoms with Crippen LogP contribution < -0.4 is 21.1 Å². The molecular weight excluding hydrogens is 454 g/mol. The van der Waals surface area contributed by atoms with Gasteiger partial charge in [-0.25, -0.2) is 9.37 Å². The topological polar surface area (TPSA) is 89.3 Å². The minimum absolute atomic E-state index is 0.107. The molecule has 3 aromatic rings. The number of ether oxygens (including phenoxy) is 1. The molecule has 4 N–H and O–H groups in total. The Bertz CT molecular complexity index is 1130. The summed E-state index contributed by atoms with van der Waals surface area (Å²) in [7, 11) is 1.82. The molecule has 0 aliphatic heterocycles. The number of hydrogen-bond acceptors (Lipinski definition) is 5. The summed E-state index contributed by atoms with van der Waals surface area (Å²) in [5, 5.41) is 5.99. The first-order chi connectivity index (χ1) is 15.3. The summed E-state index contributed by atoms with van der Waals surface area (Å²) in [6.07, 6.45) is 0.905. The molecular formula is C23H23Cl2FN4O2. The van der Waals surface area contributed by atoms with Crippen molar-refractivity contribution >= 4 is 34.9 Å². The Morgan fingerprint density at radius 2 is 1.97 bits per heavy atom. The quantitative estimate of drug-likeness (QED) is 0.318. The molecule has 0 bridgehead atoms. The summed E-state index contributed by atoms with van der Waals surface area (Å²) in [4.78, 5) is 16.6. The first kappa shape index (κ1) is 23.8. The van der Waals surface area contributed by atoms with E-state index in [0.29, 0.717) is 29.8 Å². The number of carbonyl (C=O) groups is 1. The van der Waals surface area contributed by atoms with Crippen LogP contribution in [0.4, 0.5) is 10.2 Å². The van der Waals surface area contributed by atoms with Crippen molar-refractivity contribution in [1.29, 1.82) is 0 Å². The third kappa shape index (κ3) is 5.48. The standard InChI is InChI=1S/C23H23Cl2FN4O2/c1-13(20-17(24)6-7-18(26)21(20)25)32-19-11-16(12-30-22(19)27)14-4-3-5-15(10-14)23(31)29-9-8-28-2/h3-7,10-13,28H,8-9H2,1-2H3,(H2,27,30)(H,29,31). The molecule has 0 saturated carbocycles. The third-order valence-electron chi connectivity index (χ3n) is 4.79. The Morgan fingerprint density at radius 3 is 2.72 bits per heavy atom. The molecule has 0 fully saturated rings. The zero-order valence-corrected chi connectivity index (χ0v) is 19.1. The maximum absolute atomic E-state index is 13.9. The smallest absolute Gasteiger partial charge is 0.251 e. The fourth-order valence-corrected chi connectivity index (χ4v) is 3.79. The Kier molecular flexibility index (Phi) is 7.90. The second-order valence-electron chi connectivity index (χ2n) is 7.06. The Balaban J connectivity index is 1.86. The number of amides is 1. The van der Waals surface area contributed by atoms with E-state index in [2.05, 4.69) is 15.6 Å². The van der Waals surface area contributed by atoms with Crippen LogP contribution >= 0.6 is 23.2 Å². The summed E-state index contributed by atoms with van der Waals surface area (Å²) < 4.78 is 19.8. The zero-order valence-electron chi connectivity index (χ0n) is 17.6. The molecule has 9 heteroatoms. The van der Waals surface area contributed by atoms with E-state index in [1.165, 1.54) is 12.1 Å². The van der Waals surface area contributed by atoms with E-state index in [1.54, 1.807) is 37.4 Å². The first-order valence-electron chi connectivity index (χ1n) is 9.90. The molecule has 1 unspecified atom stereocenters. The Labute approximate surface area is 195 Å². The van der Waals surface area contributed by atoms with Crippen LogP contribution in [0, 0.1) is 5.82 Å². The van der Waals surface area contributed by atoms with E-state index in [9.17, 15) is 9.18 Å². The highest BCUT2D eigenvalue weighted by Crippen LogP contribution is 2.37. The maximum Gasteiger partial charge on any atom is 0.251 e. The number of rotatable bonds is 8. The fraction of sp³-hybridized carbons (Fsp3) is 0.217. The molecule has 1 aromatic heterocycles. The van der Waals surface area contributed by atoms with Crippen molar-refractivity contribution in [3.05, 3.63) is 75.7 Å². The molecule has 0 aliphatic rings. The average Bonchev–Trinajstić information content (AvgIpc) is 2.78. The van der Waals surface area contributed by atoms with Gasteiger partial charge >= 0.3 is 0 Å². The molecule has 1 amide bonds. The summed E-state index contributed by atoms with van der Waals surface area (Å²) in [5.41, 5.74) is 8.30. The van der Waals surface area contributed by atoms with Crippen molar-refractivity contribution in [1.82, 2.24) is 15.6 Å². The number of halogens is 3. The number of carbonyl (C=O) groups excluding carboxylic acids is 1. The lowest BCUT2D eigenvalue weighted by atomic mass is 10.0. The van der Waals surface area contributed by atoms with Gasteiger partial charge in [0.15, 0.2) is 11.6 Å². The minimum atomic E-state index is -0.686. The second kappa shape index (κ2) is 10.6. The van der Waals surface area contributed by atoms with Crippen molar-refractivity contribution in [3.8, 4) is 16.9 Å². The Morgan fingerprint density at radius 1 is 1.19 bits per heavy atom. The molecule has 1 atom stereocenters. The van der Waals surface area contributed by atoms with Crippen LogP contribution in [0.25, 0.3) is 11.1 Å². The number of hydrogen-bond donors (Lipinski definition) is 3. The van der Waals surface area contributed by atoms with Gasteiger partial charge in [-0.3, -0.25) is 4.79 Å². The first-order valence-corrected chi connectivity index (χ1v) is 10.7. The molecule has 32 heavy (non-hydrogen) atoms. The van der Waals surface area contributed by atoms with E-state index < -0.39 is 11.9 Å². The van der Waals surface area contributed by atoms with Crippen LogP contribution in [0.2, 0.25) is 10.0 Å². The number of nitrogens with zero attached hydrogens (tertiary/aromatic N) is 1. The molecule has 6 nitrogen and oxygen atoms in total. The van der Waals surface area contributed by atoms with Gasteiger partial charge in [0.2, 0.25) is 0 Å². The van der Waals surface area contributed by atoms with Gasteiger partial charge in [0.25, 0.3) is 5.91 Å². The van der Waals surface area contributed by atoms with Crippen molar-refractivity contribution in [2.24, 2.45) is 0 Å². The molecule has 168 valence electrons. The van der Waals surface area contributed by atoms with Gasteiger partial charge in [-0.15, -0.1) is 0 Å². The number of anilines is 1. The summed E-state index contributed by atoms with van der Waals surface area (Å²) in [6.45, 7) is 2.88. The van der Waals surface area contributed by atoms with Crippen molar-refractivity contribution < 1.29 is 13.9 Å². The highest BCUT2D eigenvalue weighted by atomic mass is 35.5. The number of nitrogens with one attached hydrogen (secondary N) is 2. The predicted octanol–water partition coefficient (Wildman–Crippen LogP) is 4.87. The molecule has 0 radical (unpaired) electrons. The van der Waals surface area contributed by atoms with Gasteiger partial charge in [0.1, 0.15) is 11.9 Å². The van der Waals surface area contributed by atoms with Crippen LogP contribution in [0.1, 0.15) is 28.9 Å². The molecule has 0 saturated heterocycles. The molecule has 0 aliphatic carbocycles. The lowest BCUT2D eigenvalue weighted by Crippen LogP contribution is -2.30. The molecule has 2 aromatic carbocycles. The predicted molar refractivity (Wildman–Crippen MR) is 126 cm³/mol. The molecule has 3 rings (SSSR count). The van der Waals surface area contributed by atoms with Crippen LogP contribution in [-0.2, 0) is 0 Å². The lowest BCUT2D eigenvalue weighted by Gasteiger charge is -2.19. The van der Waals surface area contributed by atoms with Gasteiger partial charge < -0.3 is 21.1 Å². The number of pyridine rings is 1. The van der Waals surface area contributed by atoms with Gasteiger partial charge in [-0.05, 0) is 49.9 Å². The number of aromatic nitrogens is 1. The summed E-state index contributed by atoms with van der Waals surface area (Å²) in [5.74, 6) is -0.322. The highest BCUT2D eigenvalue weighted by molar-refractivity contribution is 6.36. The monoisotopic (exact) mass is 476 g/mol. The largest absolute Gasteiger partial charge is 0.482 e. The highest BCUT2D eigenvalue weighted by Gasteiger charge is 2.20. The normalized spacial score (nSPS) is 11.8. The van der Waals surface area contributed by atoms with E-state index in [4.69, 9.17) is 33.7 Å². The number of nitrogens with two attached hydrogens (primary N) is 1. The van der Waals surface area contributed by atoms with E-state index in [-0.39, 0.29) is 27.5 Å². The maximum atomic E-state index is 13.9. The van der Waals surface area contributed by atoms with E-state index >= 15 is 0 Å².